The summed E-state index contributed by atoms with van der Waals surface area (Å²) in [5.74, 6) is 0. The first-order valence-electron chi connectivity index (χ1n) is 7.76. The number of hydrogen-bond acceptors (Lipinski definition) is 2. The summed E-state index contributed by atoms with van der Waals surface area (Å²) in [6.07, 6.45) is 3.62. The van der Waals surface area contributed by atoms with E-state index in [0.29, 0.717) is 12.1 Å². The topological polar surface area (TPSA) is 15.3 Å². The first kappa shape index (κ1) is 17.5. The first-order chi connectivity index (χ1) is 9.51. The Balaban J connectivity index is 2.81. The minimum Gasteiger partial charge on any atom is -0.372 e. The fourth-order valence-corrected chi connectivity index (χ4v) is 3.13. The molecule has 3 heteroatoms. The highest BCUT2D eigenvalue weighted by Gasteiger charge is 2.13. The monoisotopic (exact) mass is 340 g/mol. The molecular formula is C17H29BrN2. The molecule has 1 rings (SSSR count). The Morgan fingerprint density at radius 1 is 1.20 bits per heavy atom. The van der Waals surface area contributed by atoms with Crippen molar-refractivity contribution in [3.05, 3.63) is 28.2 Å². The Bertz CT molecular complexity index is 406. The van der Waals surface area contributed by atoms with Gasteiger partial charge in [0.25, 0.3) is 0 Å². The van der Waals surface area contributed by atoms with Gasteiger partial charge in [-0.05, 0) is 50.9 Å². The number of rotatable bonds is 8. The van der Waals surface area contributed by atoms with Crippen molar-refractivity contribution in [3.63, 3.8) is 0 Å². The van der Waals surface area contributed by atoms with Gasteiger partial charge in [-0.25, -0.2) is 0 Å². The molecule has 0 fully saturated rings. The maximum absolute atomic E-state index is 3.73. The number of hydrogen-bond donors (Lipinski definition) is 1. The van der Waals surface area contributed by atoms with E-state index in [2.05, 4.69) is 79.1 Å². The molecule has 114 valence electrons. The molecule has 2 unspecified atom stereocenters. The van der Waals surface area contributed by atoms with Gasteiger partial charge in [-0.3, -0.25) is 0 Å². The summed E-state index contributed by atoms with van der Waals surface area (Å²) >= 11 is 3.73. The standard InChI is InChI=1S/C17H29BrN2/c1-6-8-13(3)20(5)15-9-10-16(17(18)12-15)14(4)19-11-7-2/h9-10,12-14,19H,6-8,11H2,1-5H3. The first-order valence-corrected chi connectivity index (χ1v) is 8.56. The van der Waals surface area contributed by atoms with E-state index < -0.39 is 0 Å². The summed E-state index contributed by atoms with van der Waals surface area (Å²) in [7, 11) is 2.18. The molecule has 0 bridgehead atoms. The van der Waals surface area contributed by atoms with Gasteiger partial charge in [0, 0.05) is 29.3 Å². The molecule has 2 atom stereocenters. The van der Waals surface area contributed by atoms with Crippen LogP contribution in [0, 0.1) is 0 Å². The Morgan fingerprint density at radius 3 is 2.45 bits per heavy atom. The Hall–Kier alpha value is -0.540. The highest BCUT2D eigenvalue weighted by molar-refractivity contribution is 9.10. The average molecular weight is 341 g/mol. The van der Waals surface area contributed by atoms with Crippen LogP contribution < -0.4 is 10.2 Å². The molecule has 0 aliphatic rings. The molecule has 0 saturated carbocycles. The number of anilines is 1. The van der Waals surface area contributed by atoms with Crippen LogP contribution in [-0.2, 0) is 0 Å². The van der Waals surface area contributed by atoms with E-state index in [-0.39, 0.29) is 0 Å². The molecule has 0 aromatic heterocycles. The Labute approximate surface area is 133 Å². The SMILES string of the molecule is CCCNC(C)c1ccc(N(C)C(C)CCC)cc1Br. The van der Waals surface area contributed by atoms with Gasteiger partial charge < -0.3 is 10.2 Å². The minimum atomic E-state index is 0.386. The zero-order valence-electron chi connectivity index (χ0n) is 13.5. The van der Waals surface area contributed by atoms with E-state index in [0.717, 1.165) is 13.0 Å². The van der Waals surface area contributed by atoms with Crippen LogP contribution in [0.1, 0.15) is 58.6 Å². The molecule has 0 aliphatic carbocycles. The van der Waals surface area contributed by atoms with Crippen molar-refractivity contribution in [3.8, 4) is 0 Å². The van der Waals surface area contributed by atoms with Crippen molar-refractivity contribution in [1.29, 1.82) is 0 Å². The molecule has 0 heterocycles. The van der Waals surface area contributed by atoms with Gasteiger partial charge in [-0.1, -0.05) is 42.3 Å². The van der Waals surface area contributed by atoms with Crippen molar-refractivity contribution in [1.82, 2.24) is 5.32 Å². The van der Waals surface area contributed by atoms with Gasteiger partial charge in [0.05, 0.1) is 0 Å². The molecule has 1 aromatic carbocycles. The zero-order valence-corrected chi connectivity index (χ0v) is 15.1. The van der Waals surface area contributed by atoms with E-state index in [1.165, 1.54) is 28.6 Å². The van der Waals surface area contributed by atoms with Gasteiger partial charge in [0.15, 0.2) is 0 Å². The lowest BCUT2D eigenvalue weighted by molar-refractivity contribution is 0.568. The molecule has 2 nitrogen and oxygen atoms in total. The summed E-state index contributed by atoms with van der Waals surface area (Å²) < 4.78 is 1.20. The lowest BCUT2D eigenvalue weighted by Gasteiger charge is -2.28. The normalized spacial score (nSPS) is 14.1. The highest BCUT2D eigenvalue weighted by Crippen LogP contribution is 2.29. The molecule has 20 heavy (non-hydrogen) atoms. The van der Waals surface area contributed by atoms with Crippen LogP contribution in [0.2, 0.25) is 0 Å². The molecule has 1 aromatic rings. The third-order valence-electron chi connectivity index (χ3n) is 3.93. The molecule has 0 spiro atoms. The van der Waals surface area contributed by atoms with Crippen LogP contribution in [0.25, 0.3) is 0 Å². The van der Waals surface area contributed by atoms with Crippen molar-refractivity contribution in [2.75, 3.05) is 18.5 Å². The molecule has 0 amide bonds. The molecule has 1 N–H and O–H groups in total. The highest BCUT2D eigenvalue weighted by atomic mass is 79.9. The lowest BCUT2D eigenvalue weighted by atomic mass is 10.1. The van der Waals surface area contributed by atoms with Gasteiger partial charge in [-0.2, -0.15) is 0 Å². The number of nitrogens with one attached hydrogen (secondary N) is 1. The van der Waals surface area contributed by atoms with E-state index in [1.807, 2.05) is 0 Å². The maximum Gasteiger partial charge on any atom is 0.0377 e. The number of nitrogens with zero attached hydrogens (tertiary/aromatic N) is 1. The van der Waals surface area contributed by atoms with Crippen LogP contribution in [-0.4, -0.2) is 19.6 Å². The van der Waals surface area contributed by atoms with Crippen molar-refractivity contribution >= 4 is 21.6 Å². The summed E-state index contributed by atoms with van der Waals surface area (Å²) in [5.41, 5.74) is 2.61. The van der Waals surface area contributed by atoms with Crippen LogP contribution in [0.3, 0.4) is 0 Å². The van der Waals surface area contributed by atoms with Crippen molar-refractivity contribution in [2.45, 2.75) is 59.0 Å². The second-order valence-corrected chi connectivity index (χ2v) is 6.48. The quantitative estimate of drug-likeness (QED) is 0.705. The largest absolute Gasteiger partial charge is 0.372 e. The average Bonchev–Trinajstić information content (AvgIpc) is 2.44. The smallest absolute Gasteiger partial charge is 0.0377 e. The summed E-state index contributed by atoms with van der Waals surface area (Å²) in [6.45, 7) is 10.0. The number of halogens is 1. The Kier molecular flexibility index (Phi) is 7.60. The van der Waals surface area contributed by atoms with Crippen molar-refractivity contribution < 1.29 is 0 Å². The third-order valence-corrected chi connectivity index (χ3v) is 4.61. The lowest BCUT2D eigenvalue weighted by Crippen LogP contribution is -2.28. The third kappa shape index (κ3) is 4.78. The van der Waals surface area contributed by atoms with E-state index >= 15 is 0 Å². The van der Waals surface area contributed by atoms with Crippen LogP contribution in [0.5, 0.6) is 0 Å². The zero-order chi connectivity index (χ0) is 15.1. The van der Waals surface area contributed by atoms with Gasteiger partial charge in [0.1, 0.15) is 0 Å². The summed E-state index contributed by atoms with van der Waals surface area (Å²) in [6, 6.07) is 7.68. The Morgan fingerprint density at radius 2 is 1.90 bits per heavy atom. The predicted octanol–water partition coefficient (Wildman–Crippen LogP) is 5.13. The summed E-state index contributed by atoms with van der Waals surface area (Å²) in [4.78, 5) is 2.36. The molecular weight excluding hydrogens is 312 g/mol. The van der Waals surface area contributed by atoms with E-state index in [9.17, 15) is 0 Å². The molecule has 0 saturated heterocycles. The fourth-order valence-electron chi connectivity index (χ4n) is 2.42. The maximum atomic E-state index is 3.73. The van der Waals surface area contributed by atoms with Gasteiger partial charge in [0.2, 0.25) is 0 Å². The second-order valence-electron chi connectivity index (χ2n) is 5.63. The fraction of sp³-hybridized carbons (Fsp3) is 0.647. The van der Waals surface area contributed by atoms with Crippen LogP contribution >= 0.6 is 15.9 Å². The predicted molar refractivity (Wildman–Crippen MR) is 93.6 cm³/mol. The van der Waals surface area contributed by atoms with Gasteiger partial charge >= 0.3 is 0 Å². The number of benzene rings is 1. The van der Waals surface area contributed by atoms with Crippen LogP contribution in [0.15, 0.2) is 22.7 Å². The van der Waals surface area contributed by atoms with Gasteiger partial charge in [-0.15, -0.1) is 0 Å². The molecule has 0 aliphatic heterocycles. The van der Waals surface area contributed by atoms with Crippen molar-refractivity contribution in [2.24, 2.45) is 0 Å². The molecule has 0 radical (unpaired) electrons. The van der Waals surface area contributed by atoms with E-state index in [4.69, 9.17) is 0 Å². The van der Waals surface area contributed by atoms with Crippen LogP contribution in [0.4, 0.5) is 5.69 Å². The van der Waals surface area contributed by atoms with E-state index in [1.54, 1.807) is 0 Å². The second kappa shape index (κ2) is 8.68. The summed E-state index contributed by atoms with van der Waals surface area (Å²) in [5, 5.41) is 3.54. The minimum absolute atomic E-state index is 0.386.